The summed E-state index contributed by atoms with van der Waals surface area (Å²) >= 11 is 6.17. The largest absolute Gasteiger partial charge is 0.496 e. The number of halogens is 1. The molecule has 0 saturated heterocycles. The summed E-state index contributed by atoms with van der Waals surface area (Å²) < 4.78 is 17.3. The SMILES string of the molecule is COc1cc(OC)c(OC)cc1/C=C(\NC(=O)c1ccccc1)C(=O)Nc1ccc(SC(C)C(=O)Nc2nc(-c3ccc(Br)cc3)cs2)cc1. The van der Waals surface area contributed by atoms with Gasteiger partial charge in [0.2, 0.25) is 5.91 Å². The summed E-state index contributed by atoms with van der Waals surface area (Å²) in [4.78, 5) is 45.1. The first-order chi connectivity index (χ1) is 24.2. The van der Waals surface area contributed by atoms with Crippen LogP contribution in [0.2, 0.25) is 0 Å². The van der Waals surface area contributed by atoms with Gasteiger partial charge in [-0.3, -0.25) is 14.4 Å². The van der Waals surface area contributed by atoms with Crippen LogP contribution in [0.25, 0.3) is 17.3 Å². The maximum atomic E-state index is 13.6. The Morgan fingerprint density at radius 1 is 0.840 bits per heavy atom. The van der Waals surface area contributed by atoms with E-state index in [-0.39, 0.29) is 11.6 Å². The predicted molar refractivity (Wildman–Crippen MR) is 202 cm³/mol. The number of aromatic nitrogens is 1. The minimum atomic E-state index is -0.565. The lowest BCUT2D eigenvalue weighted by atomic mass is 10.1. The Morgan fingerprint density at radius 3 is 2.16 bits per heavy atom. The fraction of sp³-hybridized carbons (Fsp3) is 0.135. The van der Waals surface area contributed by atoms with Gasteiger partial charge in [-0.15, -0.1) is 23.1 Å². The second kappa shape index (κ2) is 17.0. The van der Waals surface area contributed by atoms with Crippen LogP contribution in [0.15, 0.2) is 111 Å². The molecule has 0 aliphatic carbocycles. The van der Waals surface area contributed by atoms with Crippen molar-refractivity contribution in [3.05, 3.63) is 118 Å². The highest BCUT2D eigenvalue weighted by Gasteiger charge is 2.19. The number of hydrogen-bond acceptors (Lipinski definition) is 9. The van der Waals surface area contributed by atoms with Gasteiger partial charge in [0.05, 0.1) is 32.3 Å². The average Bonchev–Trinajstić information content (AvgIpc) is 3.60. The highest BCUT2D eigenvalue weighted by atomic mass is 79.9. The number of rotatable bonds is 13. The number of nitrogens with zero attached hydrogens (tertiary/aromatic N) is 1. The van der Waals surface area contributed by atoms with Gasteiger partial charge in [-0.2, -0.15) is 0 Å². The molecule has 3 N–H and O–H groups in total. The topological polar surface area (TPSA) is 128 Å². The van der Waals surface area contributed by atoms with Crippen molar-refractivity contribution in [3.63, 3.8) is 0 Å². The molecule has 3 amide bonds. The van der Waals surface area contributed by atoms with Crippen molar-refractivity contribution >= 4 is 73.6 Å². The number of ether oxygens (including phenoxy) is 3. The monoisotopic (exact) mass is 772 g/mol. The molecular weight excluding hydrogens is 740 g/mol. The third-order valence-corrected chi connectivity index (χ3v) is 9.63. The Morgan fingerprint density at radius 2 is 1.50 bits per heavy atom. The lowest BCUT2D eigenvalue weighted by molar-refractivity contribution is -0.115. The number of anilines is 2. The van der Waals surface area contributed by atoms with E-state index in [1.807, 2.05) is 48.7 Å². The van der Waals surface area contributed by atoms with Gasteiger partial charge in [0.1, 0.15) is 11.4 Å². The standard InChI is InChI=1S/C37H33BrN4O6S2/c1-22(34(43)42-37-41-30(21-49-37)23-10-12-26(38)13-11-23)50-28-16-14-27(15-17-28)39-36(45)29(40-35(44)24-8-6-5-7-9-24)18-25-19-32(47-3)33(48-4)20-31(25)46-2/h5-22H,1-4H3,(H,39,45)(H,40,44)(H,41,42,43)/b29-18-. The zero-order valence-corrected chi connectivity index (χ0v) is 30.7. The minimum absolute atomic E-state index is 0.0291. The number of benzene rings is 4. The predicted octanol–water partition coefficient (Wildman–Crippen LogP) is 8.13. The fourth-order valence-corrected chi connectivity index (χ4v) is 6.48. The number of hydrogen-bond donors (Lipinski definition) is 3. The molecule has 0 spiro atoms. The lowest BCUT2D eigenvalue weighted by Crippen LogP contribution is -2.30. The smallest absolute Gasteiger partial charge is 0.272 e. The van der Waals surface area contributed by atoms with Crippen LogP contribution in [0, 0.1) is 0 Å². The van der Waals surface area contributed by atoms with Gasteiger partial charge < -0.3 is 30.2 Å². The normalized spacial score (nSPS) is 11.7. The maximum Gasteiger partial charge on any atom is 0.272 e. The lowest BCUT2D eigenvalue weighted by Gasteiger charge is -2.15. The average molecular weight is 774 g/mol. The Balaban J connectivity index is 1.28. The van der Waals surface area contributed by atoms with Gasteiger partial charge in [0, 0.05) is 43.2 Å². The van der Waals surface area contributed by atoms with Gasteiger partial charge in [0.25, 0.3) is 11.8 Å². The molecule has 50 heavy (non-hydrogen) atoms. The van der Waals surface area contributed by atoms with Crippen molar-refractivity contribution in [2.75, 3.05) is 32.0 Å². The number of methoxy groups -OCH3 is 3. The number of thiazole rings is 1. The van der Waals surface area contributed by atoms with Crippen molar-refractivity contribution in [3.8, 4) is 28.5 Å². The maximum absolute atomic E-state index is 13.6. The van der Waals surface area contributed by atoms with Crippen LogP contribution in [0.1, 0.15) is 22.8 Å². The highest BCUT2D eigenvalue weighted by Crippen LogP contribution is 2.36. The van der Waals surface area contributed by atoms with Gasteiger partial charge in [-0.1, -0.05) is 46.3 Å². The summed E-state index contributed by atoms with van der Waals surface area (Å²) in [6, 6.07) is 26.7. The molecule has 0 fully saturated rings. The van der Waals surface area contributed by atoms with Crippen molar-refractivity contribution < 1.29 is 28.6 Å². The van der Waals surface area contributed by atoms with Crippen molar-refractivity contribution in [2.24, 2.45) is 0 Å². The molecule has 13 heteroatoms. The molecule has 0 radical (unpaired) electrons. The first kappa shape index (κ1) is 36.2. The zero-order valence-electron chi connectivity index (χ0n) is 27.5. The van der Waals surface area contributed by atoms with E-state index in [1.54, 1.807) is 54.6 Å². The van der Waals surface area contributed by atoms with Gasteiger partial charge >= 0.3 is 0 Å². The van der Waals surface area contributed by atoms with Crippen LogP contribution in [0.4, 0.5) is 10.8 Å². The molecule has 1 aromatic heterocycles. The van der Waals surface area contributed by atoms with E-state index in [0.29, 0.717) is 39.2 Å². The molecule has 0 aliphatic rings. The molecule has 1 heterocycles. The molecule has 0 bridgehead atoms. The van der Waals surface area contributed by atoms with Gasteiger partial charge in [-0.25, -0.2) is 4.98 Å². The van der Waals surface area contributed by atoms with E-state index >= 15 is 0 Å². The quantitative estimate of drug-likeness (QED) is 0.0809. The summed E-state index contributed by atoms with van der Waals surface area (Å²) in [5.41, 5.74) is 3.06. The molecule has 5 rings (SSSR count). The van der Waals surface area contributed by atoms with Gasteiger partial charge in [-0.05, 0) is 67.6 Å². The Labute approximate surface area is 306 Å². The number of carbonyl (C=O) groups is 3. The number of amides is 3. The summed E-state index contributed by atoms with van der Waals surface area (Å²) in [6.07, 6.45) is 1.51. The molecule has 1 atom stereocenters. The van der Waals surface area contributed by atoms with E-state index in [2.05, 4.69) is 36.9 Å². The van der Waals surface area contributed by atoms with E-state index in [0.717, 1.165) is 20.6 Å². The van der Waals surface area contributed by atoms with E-state index in [9.17, 15) is 14.4 Å². The van der Waals surface area contributed by atoms with E-state index in [4.69, 9.17) is 14.2 Å². The van der Waals surface area contributed by atoms with E-state index in [1.165, 1.54) is 50.5 Å². The third-order valence-electron chi connectivity index (χ3n) is 7.23. The highest BCUT2D eigenvalue weighted by molar-refractivity contribution is 9.10. The van der Waals surface area contributed by atoms with Crippen LogP contribution in [0.5, 0.6) is 17.2 Å². The number of carbonyl (C=O) groups excluding carboxylic acids is 3. The molecule has 256 valence electrons. The van der Waals surface area contributed by atoms with Crippen LogP contribution in [-0.4, -0.2) is 49.3 Å². The van der Waals surface area contributed by atoms with Crippen LogP contribution >= 0.6 is 39.0 Å². The summed E-state index contributed by atoms with van der Waals surface area (Å²) in [6.45, 7) is 1.81. The Bertz CT molecular complexity index is 2000. The number of thioether (sulfide) groups is 1. The van der Waals surface area contributed by atoms with Crippen LogP contribution < -0.4 is 30.2 Å². The molecule has 4 aromatic carbocycles. The number of nitrogens with one attached hydrogen (secondary N) is 3. The third kappa shape index (κ3) is 9.31. The molecule has 5 aromatic rings. The van der Waals surface area contributed by atoms with Crippen molar-refractivity contribution in [2.45, 2.75) is 17.1 Å². The van der Waals surface area contributed by atoms with Crippen molar-refractivity contribution in [1.82, 2.24) is 10.3 Å². The summed E-state index contributed by atoms with van der Waals surface area (Å²) in [7, 11) is 4.50. The Kier molecular flexibility index (Phi) is 12.3. The molecule has 0 saturated carbocycles. The Hall–Kier alpha value is -5.11. The summed E-state index contributed by atoms with van der Waals surface area (Å²) in [5.74, 6) is 0.0549. The van der Waals surface area contributed by atoms with Crippen LogP contribution in [0.3, 0.4) is 0 Å². The first-order valence-corrected chi connectivity index (χ1v) is 17.7. The second-order valence-corrected chi connectivity index (χ2v) is 13.8. The van der Waals surface area contributed by atoms with Crippen LogP contribution in [-0.2, 0) is 9.59 Å². The summed E-state index contributed by atoms with van der Waals surface area (Å²) in [5, 5.41) is 10.5. The van der Waals surface area contributed by atoms with Crippen molar-refractivity contribution in [1.29, 1.82) is 0 Å². The van der Waals surface area contributed by atoms with E-state index < -0.39 is 17.1 Å². The molecular formula is C37H33BrN4O6S2. The second-order valence-electron chi connectivity index (χ2n) is 10.6. The fourth-order valence-electron chi connectivity index (χ4n) is 4.63. The molecule has 0 aliphatic heterocycles. The first-order valence-electron chi connectivity index (χ1n) is 15.2. The molecule has 1 unspecified atom stereocenters. The molecule has 10 nitrogen and oxygen atoms in total. The van der Waals surface area contributed by atoms with Gasteiger partial charge in [0.15, 0.2) is 16.6 Å². The minimum Gasteiger partial charge on any atom is -0.496 e. The zero-order chi connectivity index (χ0) is 35.6.